The monoisotopic (exact) mass is 380 g/mol. The molecule has 3 rings (SSSR count). The molecule has 1 N–H and O–H groups in total. The molecule has 9 heteroatoms. The molecule has 1 saturated heterocycles. The summed E-state index contributed by atoms with van der Waals surface area (Å²) in [5, 5.41) is 3.22. The average molecular weight is 381 g/mol. The van der Waals surface area contributed by atoms with Gasteiger partial charge in [-0.05, 0) is 29.8 Å². The van der Waals surface area contributed by atoms with E-state index in [9.17, 15) is 17.6 Å². The molecule has 0 aliphatic carbocycles. The van der Waals surface area contributed by atoms with Crippen molar-refractivity contribution in [1.82, 2.24) is 10.2 Å². The van der Waals surface area contributed by atoms with Gasteiger partial charge in [-0.15, -0.1) is 25.6 Å². The molecule has 1 fully saturated rings. The van der Waals surface area contributed by atoms with Gasteiger partial charge in [-0.2, -0.15) is 0 Å². The van der Waals surface area contributed by atoms with Gasteiger partial charge < -0.3 is 14.5 Å². The van der Waals surface area contributed by atoms with Gasteiger partial charge in [0.05, 0.1) is 12.3 Å². The maximum absolute atomic E-state index is 14.1. The molecule has 1 aromatic carbocycles. The Balaban J connectivity index is 0.00000225. The molecule has 1 aromatic heterocycles. The minimum Gasteiger partial charge on any atom is -0.467 e. The van der Waals surface area contributed by atoms with E-state index in [0.717, 1.165) is 25.2 Å². The van der Waals surface area contributed by atoms with Gasteiger partial charge in [0.2, 0.25) is 0 Å². The molecule has 1 aliphatic rings. The number of rotatable bonds is 4. The lowest BCUT2D eigenvalue weighted by Crippen LogP contribution is -2.45. The number of ether oxygens (including phenoxy) is 1. The summed E-state index contributed by atoms with van der Waals surface area (Å²) in [4.78, 5) is 2.09. The van der Waals surface area contributed by atoms with E-state index in [0.29, 0.717) is 24.4 Å². The van der Waals surface area contributed by atoms with E-state index in [-0.39, 0.29) is 18.4 Å². The van der Waals surface area contributed by atoms with Crippen molar-refractivity contribution in [3.63, 3.8) is 0 Å². The Kier molecular flexibility index (Phi) is 6.31. The largest absolute Gasteiger partial charge is 0.573 e. The molecular weight excluding hydrogens is 364 g/mol. The van der Waals surface area contributed by atoms with Crippen LogP contribution in [0.15, 0.2) is 41.0 Å². The van der Waals surface area contributed by atoms with E-state index in [1.807, 2.05) is 0 Å². The van der Waals surface area contributed by atoms with Crippen LogP contribution in [0.2, 0.25) is 0 Å². The zero-order chi connectivity index (χ0) is 17.2. The van der Waals surface area contributed by atoms with E-state index in [2.05, 4.69) is 15.0 Å². The number of nitrogens with zero attached hydrogens (tertiary/aromatic N) is 1. The van der Waals surface area contributed by atoms with Crippen LogP contribution in [0.5, 0.6) is 5.75 Å². The number of nitrogens with one attached hydrogen (secondary N) is 1. The summed E-state index contributed by atoms with van der Waals surface area (Å²) in [6.45, 7) is 2.98. The minimum atomic E-state index is -4.93. The fourth-order valence-corrected chi connectivity index (χ4v) is 2.84. The number of hydrogen-bond donors (Lipinski definition) is 1. The fourth-order valence-electron chi connectivity index (χ4n) is 2.84. The van der Waals surface area contributed by atoms with Crippen LogP contribution in [0.3, 0.4) is 0 Å². The minimum absolute atomic E-state index is 0. The van der Waals surface area contributed by atoms with Crippen molar-refractivity contribution in [3.8, 4) is 5.75 Å². The SMILES string of the molecule is Cl.Fc1cc([C@H](c2ccco2)N2CCNCC2)ccc1OC(F)(F)F. The molecule has 0 amide bonds. The summed E-state index contributed by atoms with van der Waals surface area (Å²) in [5.74, 6) is -1.29. The standard InChI is InChI=1S/C16H16F4N2O2.ClH/c17-12-10-11(3-4-13(12)24-16(18,19)20)15(14-2-1-9-23-14)22-7-5-21-6-8-22;/h1-4,9-10,15,21H,5-8H2;1H/t15-;/m1./s1. The zero-order valence-electron chi connectivity index (χ0n) is 13.1. The Hall–Kier alpha value is -1.77. The first-order chi connectivity index (χ1) is 11.4. The third kappa shape index (κ3) is 4.87. The maximum Gasteiger partial charge on any atom is 0.573 e. The molecule has 4 nitrogen and oxygen atoms in total. The third-order valence-electron chi connectivity index (χ3n) is 3.83. The molecule has 0 bridgehead atoms. The maximum atomic E-state index is 14.1. The lowest BCUT2D eigenvalue weighted by Gasteiger charge is -2.34. The van der Waals surface area contributed by atoms with Crippen molar-refractivity contribution >= 4 is 12.4 Å². The van der Waals surface area contributed by atoms with Crippen LogP contribution >= 0.6 is 12.4 Å². The predicted octanol–water partition coefficient (Wildman–Crippen LogP) is 3.73. The quantitative estimate of drug-likeness (QED) is 0.820. The highest BCUT2D eigenvalue weighted by Gasteiger charge is 2.33. The summed E-state index contributed by atoms with van der Waals surface area (Å²) in [7, 11) is 0. The average Bonchev–Trinajstić information content (AvgIpc) is 3.04. The molecule has 1 atom stereocenters. The second-order valence-electron chi connectivity index (χ2n) is 5.44. The first-order valence-corrected chi connectivity index (χ1v) is 7.47. The topological polar surface area (TPSA) is 37.6 Å². The van der Waals surface area contributed by atoms with Crippen LogP contribution in [0, 0.1) is 5.82 Å². The second kappa shape index (κ2) is 8.07. The third-order valence-corrected chi connectivity index (χ3v) is 3.83. The molecule has 2 heterocycles. The smallest absolute Gasteiger partial charge is 0.467 e. The van der Waals surface area contributed by atoms with Crippen LogP contribution in [0.4, 0.5) is 17.6 Å². The van der Waals surface area contributed by atoms with E-state index < -0.39 is 17.9 Å². The number of furan rings is 1. The molecule has 25 heavy (non-hydrogen) atoms. The normalized spacial score (nSPS) is 17.0. The van der Waals surface area contributed by atoms with Crippen molar-refractivity contribution in [2.45, 2.75) is 12.4 Å². The summed E-state index contributed by atoms with van der Waals surface area (Å²) in [6.07, 6.45) is -3.41. The first kappa shape index (κ1) is 19.6. The number of halogens is 5. The van der Waals surface area contributed by atoms with Gasteiger partial charge >= 0.3 is 6.36 Å². The molecule has 1 aliphatic heterocycles. The van der Waals surface area contributed by atoms with Gasteiger partial charge in [0.1, 0.15) is 5.76 Å². The summed E-state index contributed by atoms with van der Waals surface area (Å²) in [6, 6.07) is 6.62. The van der Waals surface area contributed by atoms with Crippen LogP contribution in [0.25, 0.3) is 0 Å². The number of benzene rings is 1. The highest BCUT2D eigenvalue weighted by molar-refractivity contribution is 5.85. The molecular formula is C16H17ClF4N2O2. The van der Waals surface area contributed by atoms with E-state index in [4.69, 9.17) is 4.42 Å². The van der Waals surface area contributed by atoms with Crippen LogP contribution in [0.1, 0.15) is 17.4 Å². The van der Waals surface area contributed by atoms with E-state index in [1.165, 1.54) is 12.3 Å². The Bertz CT molecular complexity index is 673. The van der Waals surface area contributed by atoms with Crippen LogP contribution < -0.4 is 10.1 Å². The van der Waals surface area contributed by atoms with Gasteiger partial charge in [-0.3, -0.25) is 4.90 Å². The second-order valence-corrected chi connectivity index (χ2v) is 5.44. The highest BCUT2D eigenvalue weighted by atomic mass is 35.5. The summed E-state index contributed by atoms with van der Waals surface area (Å²) < 4.78 is 60.0. The Morgan fingerprint density at radius 2 is 1.88 bits per heavy atom. The fraction of sp³-hybridized carbons (Fsp3) is 0.375. The number of alkyl halides is 3. The number of piperazine rings is 1. The lowest BCUT2D eigenvalue weighted by atomic mass is 10.0. The van der Waals surface area contributed by atoms with Crippen molar-refractivity contribution in [1.29, 1.82) is 0 Å². The molecule has 0 saturated carbocycles. The molecule has 0 spiro atoms. The molecule has 2 aromatic rings. The van der Waals surface area contributed by atoms with Gasteiger partial charge in [0.15, 0.2) is 11.6 Å². The molecule has 0 radical (unpaired) electrons. The van der Waals surface area contributed by atoms with Gasteiger partial charge in [-0.25, -0.2) is 4.39 Å². The van der Waals surface area contributed by atoms with Crippen LogP contribution in [-0.4, -0.2) is 37.4 Å². The van der Waals surface area contributed by atoms with Crippen molar-refractivity contribution in [2.24, 2.45) is 0 Å². The Morgan fingerprint density at radius 1 is 1.16 bits per heavy atom. The van der Waals surface area contributed by atoms with Gasteiger partial charge in [0.25, 0.3) is 0 Å². The van der Waals surface area contributed by atoms with Gasteiger partial charge in [-0.1, -0.05) is 6.07 Å². The van der Waals surface area contributed by atoms with Crippen LogP contribution in [-0.2, 0) is 0 Å². The first-order valence-electron chi connectivity index (χ1n) is 7.47. The number of hydrogen-bond acceptors (Lipinski definition) is 4. The van der Waals surface area contributed by atoms with Crippen molar-refractivity contribution in [2.75, 3.05) is 26.2 Å². The molecule has 0 unspecified atom stereocenters. The summed E-state index contributed by atoms with van der Waals surface area (Å²) >= 11 is 0. The highest BCUT2D eigenvalue weighted by Crippen LogP contribution is 2.33. The lowest BCUT2D eigenvalue weighted by molar-refractivity contribution is -0.275. The molecule has 138 valence electrons. The Morgan fingerprint density at radius 3 is 2.44 bits per heavy atom. The Labute approximate surface area is 148 Å². The zero-order valence-corrected chi connectivity index (χ0v) is 13.9. The van der Waals surface area contributed by atoms with Crippen molar-refractivity contribution in [3.05, 3.63) is 53.7 Å². The van der Waals surface area contributed by atoms with Gasteiger partial charge in [0, 0.05) is 26.2 Å². The predicted molar refractivity (Wildman–Crippen MR) is 85.3 cm³/mol. The van der Waals surface area contributed by atoms with E-state index in [1.54, 1.807) is 12.1 Å². The van der Waals surface area contributed by atoms with Crippen molar-refractivity contribution < 1.29 is 26.7 Å². The summed E-state index contributed by atoms with van der Waals surface area (Å²) in [5.41, 5.74) is 0.513. The van der Waals surface area contributed by atoms with E-state index >= 15 is 0 Å².